The van der Waals surface area contributed by atoms with Crippen LogP contribution in [0.4, 0.5) is 10.2 Å². The van der Waals surface area contributed by atoms with E-state index in [9.17, 15) is 9.18 Å². The minimum Gasteiger partial charge on any atom is -0.457 e. The summed E-state index contributed by atoms with van der Waals surface area (Å²) >= 11 is 0. The van der Waals surface area contributed by atoms with Gasteiger partial charge in [-0.15, -0.1) is 5.10 Å². The van der Waals surface area contributed by atoms with Gasteiger partial charge in [-0.2, -0.15) is 5.10 Å². The van der Waals surface area contributed by atoms with Gasteiger partial charge in [0, 0.05) is 37.7 Å². The van der Waals surface area contributed by atoms with Crippen molar-refractivity contribution >= 4 is 11.7 Å². The third-order valence-electron chi connectivity index (χ3n) is 5.69. The molecule has 158 valence electrons. The molecule has 5 rings (SSSR count). The first-order valence-corrected chi connectivity index (χ1v) is 10.6. The van der Waals surface area contributed by atoms with Gasteiger partial charge in [0.05, 0.1) is 5.69 Å². The van der Waals surface area contributed by atoms with Gasteiger partial charge in [-0.1, -0.05) is 6.07 Å². The normalized spacial score (nSPS) is 16.3. The highest BCUT2D eigenvalue weighted by Gasteiger charge is 2.27. The van der Waals surface area contributed by atoms with Crippen LogP contribution in [0.25, 0.3) is 0 Å². The van der Waals surface area contributed by atoms with Gasteiger partial charge < -0.3 is 14.5 Å². The Balaban J connectivity index is 1.20. The first kappa shape index (κ1) is 19.5. The van der Waals surface area contributed by atoms with Gasteiger partial charge in [-0.25, -0.2) is 4.39 Å². The number of carbonyl (C=O) groups excluding carboxylic acids is 1. The summed E-state index contributed by atoms with van der Waals surface area (Å²) in [6, 6.07) is 17.0. The van der Waals surface area contributed by atoms with E-state index in [2.05, 4.69) is 21.2 Å². The van der Waals surface area contributed by atoms with Crippen LogP contribution in [0.15, 0.2) is 60.7 Å². The van der Waals surface area contributed by atoms with E-state index >= 15 is 0 Å². The van der Waals surface area contributed by atoms with Crippen molar-refractivity contribution in [2.75, 3.05) is 31.1 Å². The number of hydrogen-bond acceptors (Lipinski definition) is 5. The summed E-state index contributed by atoms with van der Waals surface area (Å²) in [4.78, 5) is 17.0. The molecule has 0 spiro atoms. The molecule has 0 bridgehead atoms. The van der Waals surface area contributed by atoms with Crippen molar-refractivity contribution in [1.82, 2.24) is 15.1 Å². The summed E-state index contributed by atoms with van der Waals surface area (Å²) < 4.78 is 18.8. The minimum atomic E-state index is -0.319. The predicted molar refractivity (Wildman–Crippen MR) is 115 cm³/mol. The lowest BCUT2D eigenvalue weighted by Crippen LogP contribution is -2.49. The molecule has 2 heterocycles. The Kier molecular flexibility index (Phi) is 5.24. The Morgan fingerprint density at radius 3 is 2.35 bits per heavy atom. The van der Waals surface area contributed by atoms with Crippen molar-refractivity contribution in [3.05, 3.63) is 77.7 Å². The first-order valence-electron chi connectivity index (χ1n) is 10.6. The Hall–Kier alpha value is -3.48. The summed E-state index contributed by atoms with van der Waals surface area (Å²) in [7, 11) is 0. The maximum atomic E-state index is 13.1. The number of ether oxygens (including phenoxy) is 1. The molecule has 2 aliphatic rings. The average Bonchev–Trinajstić information content (AvgIpc) is 3.66. The second-order valence-corrected chi connectivity index (χ2v) is 7.95. The molecule has 1 aliphatic carbocycles. The summed E-state index contributed by atoms with van der Waals surface area (Å²) in [5.74, 6) is 2.18. The zero-order valence-corrected chi connectivity index (χ0v) is 17.1. The first-order chi connectivity index (χ1) is 15.2. The number of hydrogen-bond donors (Lipinski definition) is 0. The molecule has 3 aromatic rings. The number of halogens is 1. The number of amides is 1. The van der Waals surface area contributed by atoms with E-state index in [1.54, 1.807) is 36.4 Å². The van der Waals surface area contributed by atoms with E-state index in [4.69, 9.17) is 4.74 Å². The fraction of sp³-hybridized carbons (Fsp3) is 0.292. The zero-order valence-electron chi connectivity index (χ0n) is 17.1. The highest BCUT2D eigenvalue weighted by atomic mass is 19.1. The monoisotopic (exact) mass is 418 g/mol. The van der Waals surface area contributed by atoms with Crippen molar-refractivity contribution in [3.63, 3.8) is 0 Å². The van der Waals surface area contributed by atoms with E-state index in [0.717, 1.165) is 24.6 Å². The largest absolute Gasteiger partial charge is 0.457 e. The van der Waals surface area contributed by atoms with Crippen molar-refractivity contribution in [1.29, 1.82) is 0 Å². The van der Waals surface area contributed by atoms with Crippen LogP contribution in [0, 0.1) is 5.82 Å². The number of nitrogens with zero attached hydrogens (tertiary/aromatic N) is 4. The van der Waals surface area contributed by atoms with Crippen molar-refractivity contribution in [2.45, 2.75) is 18.8 Å². The molecule has 2 aromatic carbocycles. The molecule has 2 fully saturated rings. The lowest BCUT2D eigenvalue weighted by Gasteiger charge is -2.35. The Morgan fingerprint density at radius 1 is 0.903 bits per heavy atom. The van der Waals surface area contributed by atoms with Crippen LogP contribution in [0.3, 0.4) is 0 Å². The van der Waals surface area contributed by atoms with Gasteiger partial charge in [-0.3, -0.25) is 4.79 Å². The topological polar surface area (TPSA) is 58.6 Å². The number of rotatable bonds is 5. The fourth-order valence-electron chi connectivity index (χ4n) is 3.75. The molecule has 0 unspecified atom stereocenters. The molecule has 31 heavy (non-hydrogen) atoms. The molecule has 0 N–H and O–H groups in total. The molecular formula is C24H23FN4O2. The highest BCUT2D eigenvalue weighted by Crippen LogP contribution is 2.38. The number of anilines is 1. The van der Waals surface area contributed by atoms with E-state index in [1.807, 2.05) is 11.0 Å². The molecule has 0 radical (unpaired) electrons. The maximum absolute atomic E-state index is 13.1. The van der Waals surface area contributed by atoms with Gasteiger partial charge in [-0.05, 0) is 67.4 Å². The van der Waals surface area contributed by atoms with Gasteiger partial charge in [0.1, 0.15) is 17.3 Å². The molecular weight excluding hydrogens is 395 g/mol. The second kappa shape index (κ2) is 8.34. The van der Waals surface area contributed by atoms with E-state index in [-0.39, 0.29) is 11.7 Å². The summed E-state index contributed by atoms with van der Waals surface area (Å²) in [6.45, 7) is 2.67. The minimum absolute atomic E-state index is 0.0284. The van der Waals surface area contributed by atoms with Crippen LogP contribution in [0.2, 0.25) is 0 Å². The Morgan fingerprint density at radius 2 is 1.68 bits per heavy atom. The van der Waals surface area contributed by atoms with Gasteiger partial charge in [0.15, 0.2) is 5.82 Å². The molecule has 1 aliphatic heterocycles. The summed E-state index contributed by atoms with van der Waals surface area (Å²) in [6.07, 6.45) is 2.43. The predicted octanol–water partition coefficient (Wildman–Crippen LogP) is 4.25. The zero-order chi connectivity index (χ0) is 21.2. The van der Waals surface area contributed by atoms with Crippen LogP contribution in [-0.2, 0) is 0 Å². The molecule has 1 saturated heterocycles. The third kappa shape index (κ3) is 4.50. The van der Waals surface area contributed by atoms with Crippen molar-refractivity contribution < 1.29 is 13.9 Å². The standard InChI is InChI=1S/C24H23FN4O2/c25-19-6-8-20(9-7-19)31-21-3-1-2-18(16-21)24(30)29-14-12-28(13-15-29)23-11-10-22(26-27-23)17-4-5-17/h1-3,6-11,16-17H,4-5,12-15H2. The lowest BCUT2D eigenvalue weighted by atomic mass is 10.1. The van der Waals surface area contributed by atoms with Crippen LogP contribution in [-0.4, -0.2) is 47.2 Å². The second-order valence-electron chi connectivity index (χ2n) is 7.95. The van der Waals surface area contributed by atoms with E-state index < -0.39 is 0 Å². The average molecular weight is 418 g/mol. The van der Waals surface area contributed by atoms with Gasteiger partial charge in [0.2, 0.25) is 0 Å². The van der Waals surface area contributed by atoms with Crippen LogP contribution < -0.4 is 9.64 Å². The number of piperazine rings is 1. The van der Waals surface area contributed by atoms with Crippen LogP contribution in [0.1, 0.15) is 34.8 Å². The van der Waals surface area contributed by atoms with Gasteiger partial charge in [0.25, 0.3) is 5.91 Å². The SMILES string of the molecule is O=C(c1cccc(Oc2ccc(F)cc2)c1)N1CCN(c2ccc(C3CC3)nn2)CC1. The molecule has 0 atom stereocenters. The molecule has 1 amide bonds. The third-order valence-corrected chi connectivity index (χ3v) is 5.69. The molecule has 7 heteroatoms. The Labute approximate surface area is 180 Å². The molecule has 1 aromatic heterocycles. The van der Waals surface area contributed by atoms with Crippen molar-refractivity contribution in [3.8, 4) is 11.5 Å². The number of carbonyl (C=O) groups is 1. The van der Waals surface area contributed by atoms with Crippen molar-refractivity contribution in [2.24, 2.45) is 0 Å². The number of benzene rings is 2. The smallest absolute Gasteiger partial charge is 0.254 e. The quantitative estimate of drug-likeness (QED) is 0.620. The molecule has 6 nitrogen and oxygen atoms in total. The summed E-state index contributed by atoms with van der Waals surface area (Å²) in [5.41, 5.74) is 1.65. The summed E-state index contributed by atoms with van der Waals surface area (Å²) in [5, 5.41) is 8.74. The Bertz CT molecular complexity index is 1060. The number of aromatic nitrogens is 2. The molecule has 1 saturated carbocycles. The van der Waals surface area contributed by atoms with E-state index in [1.165, 1.54) is 25.0 Å². The van der Waals surface area contributed by atoms with Crippen LogP contribution in [0.5, 0.6) is 11.5 Å². The maximum Gasteiger partial charge on any atom is 0.254 e. The highest BCUT2D eigenvalue weighted by molar-refractivity contribution is 5.94. The fourth-order valence-corrected chi connectivity index (χ4v) is 3.75. The lowest BCUT2D eigenvalue weighted by molar-refractivity contribution is 0.0746. The van der Waals surface area contributed by atoms with Crippen LogP contribution >= 0.6 is 0 Å². The van der Waals surface area contributed by atoms with Gasteiger partial charge >= 0.3 is 0 Å². The van der Waals surface area contributed by atoms with E-state index in [0.29, 0.717) is 36.1 Å².